The lowest BCUT2D eigenvalue weighted by atomic mass is 9.93. The van der Waals surface area contributed by atoms with E-state index in [0.717, 1.165) is 25.9 Å². The molecule has 0 saturated carbocycles. The van der Waals surface area contributed by atoms with Gasteiger partial charge in [0.05, 0.1) is 6.10 Å². The predicted molar refractivity (Wildman–Crippen MR) is 75.7 cm³/mol. The number of hydrogen-bond acceptors (Lipinski definition) is 3. The van der Waals surface area contributed by atoms with Crippen LogP contribution >= 0.6 is 0 Å². The third kappa shape index (κ3) is 4.10. The lowest BCUT2D eigenvalue weighted by molar-refractivity contribution is -0.144. The van der Waals surface area contributed by atoms with Crippen molar-refractivity contribution in [3.63, 3.8) is 0 Å². The molecule has 2 N–H and O–H groups in total. The van der Waals surface area contributed by atoms with Crippen LogP contribution < -0.4 is 5.32 Å². The fourth-order valence-electron chi connectivity index (χ4n) is 2.42. The van der Waals surface area contributed by atoms with Crippen LogP contribution in [-0.2, 0) is 9.53 Å². The Hall–Kier alpha value is -1.30. The number of carbonyl (C=O) groups is 2. The monoisotopic (exact) mass is 286 g/mol. The molecule has 1 aliphatic heterocycles. The van der Waals surface area contributed by atoms with Gasteiger partial charge in [-0.3, -0.25) is 0 Å². The lowest BCUT2D eigenvalue weighted by Gasteiger charge is -2.32. The van der Waals surface area contributed by atoms with Crippen LogP contribution in [0.3, 0.4) is 0 Å². The summed E-state index contributed by atoms with van der Waals surface area (Å²) in [4.78, 5) is 25.0. The Balaban J connectivity index is 2.57. The molecule has 0 aliphatic carbocycles. The van der Waals surface area contributed by atoms with Crippen molar-refractivity contribution in [3.8, 4) is 0 Å². The quantitative estimate of drug-likeness (QED) is 0.781. The van der Waals surface area contributed by atoms with Crippen LogP contribution in [-0.4, -0.2) is 53.8 Å². The number of carboxylic acids is 1. The van der Waals surface area contributed by atoms with Gasteiger partial charge >= 0.3 is 12.0 Å². The molecule has 2 amide bonds. The largest absolute Gasteiger partial charge is 0.480 e. The average molecular weight is 286 g/mol. The van der Waals surface area contributed by atoms with Gasteiger partial charge in [-0.05, 0) is 32.1 Å². The maximum absolute atomic E-state index is 12.2. The zero-order valence-corrected chi connectivity index (χ0v) is 12.6. The van der Waals surface area contributed by atoms with Crippen LogP contribution in [0.2, 0.25) is 0 Å². The Bertz CT molecular complexity index is 336. The fraction of sp³-hybridized carbons (Fsp3) is 0.857. The molecular weight excluding hydrogens is 260 g/mol. The van der Waals surface area contributed by atoms with Crippen molar-refractivity contribution < 1.29 is 19.4 Å². The van der Waals surface area contributed by atoms with Crippen molar-refractivity contribution in [1.82, 2.24) is 10.2 Å². The van der Waals surface area contributed by atoms with E-state index in [1.807, 2.05) is 0 Å². The number of rotatable bonds is 6. The molecule has 0 spiro atoms. The lowest BCUT2D eigenvalue weighted by Crippen LogP contribution is -2.57. The van der Waals surface area contributed by atoms with E-state index in [9.17, 15) is 14.7 Å². The number of amides is 2. The Morgan fingerprint density at radius 3 is 2.45 bits per heavy atom. The van der Waals surface area contributed by atoms with E-state index in [1.54, 1.807) is 20.9 Å². The highest BCUT2D eigenvalue weighted by atomic mass is 16.5. The van der Waals surface area contributed by atoms with Crippen molar-refractivity contribution in [2.24, 2.45) is 0 Å². The molecule has 1 unspecified atom stereocenters. The number of ether oxygens (including phenoxy) is 1. The number of likely N-dealkylation sites (N-methyl/N-ethyl adjacent to an activating group) is 1. The van der Waals surface area contributed by atoms with Gasteiger partial charge < -0.3 is 20.1 Å². The predicted octanol–water partition coefficient (Wildman–Crippen LogP) is 1.84. The standard InChI is InChI=1S/C14H26N2O4/c1-4-14(5-2,12(17)18)15-13(19)16(3)10-11-8-6-7-9-20-11/h11H,4-10H2,1-3H3,(H,15,19)(H,17,18). The van der Waals surface area contributed by atoms with Crippen molar-refractivity contribution in [3.05, 3.63) is 0 Å². The summed E-state index contributed by atoms with van der Waals surface area (Å²) in [6.45, 7) is 4.77. The summed E-state index contributed by atoms with van der Waals surface area (Å²) in [6.07, 6.45) is 3.91. The first kappa shape index (κ1) is 16.8. The fourth-order valence-corrected chi connectivity index (χ4v) is 2.42. The van der Waals surface area contributed by atoms with Crippen LogP contribution in [0.4, 0.5) is 4.79 Å². The van der Waals surface area contributed by atoms with Gasteiger partial charge in [0.15, 0.2) is 0 Å². The van der Waals surface area contributed by atoms with E-state index >= 15 is 0 Å². The van der Waals surface area contributed by atoms with Gasteiger partial charge in [0, 0.05) is 20.2 Å². The van der Waals surface area contributed by atoms with E-state index in [2.05, 4.69) is 5.32 Å². The van der Waals surface area contributed by atoms with Gasteiger partial charge in [0.25, 0.3) is 0 Å². The molecule has 6 heteroatoms. The Morgan fingerprint density at radius 1 is 1.35 bits per heavy atom. The maximum atomic E-state index is 12.2. The van der Waals surface area contributed by atoms with E-state index in [1.165, 1.54) is 4.90 Å². The maximum Gasteiger partial charge on any atom is 0.329 e. The zero-order valence-electron chi connectivity index (χ0n) is 12.6. The Morgan fingerprint density at radius 2 is 2.00 bits per heavy atom. The molecule has 1 atom stereocenters. The summed E-state index contributed by atoms with van der Waals surface area (Å²) in [6, 6.07) is -0.356. The number of nitrogens with one attached hydrogen (secondary N) is 1. The van der Waals surface area contributed by atoms with Gasteiger partial charge in [-0.15, -0.1) is 0 Å². The topological polar surface area (TPSA) is 78.9 Å². The zero-order chi connectivity index (χ0) is 15.2. The molecule has 116 valence electrons. The number of nitrogens with zero attached hydrogens (tertiary/aromatic N) is 1. The molecule has 0 bridgehead atoms. The third-order valence-corrected chi connectivity index (χ3v) is 4.06. The molecule has 1 rings (SSSR count). The second-order valence-electron chi connectivity index (χ2n) is 5.39. The van der Waals surface area contributed by atoms with E-state index in [0.29, 0.717) is 19.4 Å². The summed E-state index contributed by atoms with van der Waals surface area (Å²) < 4.78 is 5.59. The molecule has 1 aliphatic rings. The minimum Gasteiger partial charge on any atom is -0.480 e. The summed E-state index contributed by atoms with van der Waals surface area (Å²) in [5.41, 5.74) is -1.18. The van der Waals surface area contributed by atoms with Crippen molar-refractivity contribution in [1.29, 1.82) is 0 Å². The number of urea groups is 1. The smallest absolute Gasteiger partial charge is 0.329 e. The third-order valence-electron chi connectivity index (χ3n) is 4.06. The van der Waals surface area contributed by atoms with Gasteiger partial charge in [0.1, 0.15) is 5.54 Å². The summed E-state index contributed by atoms with van der Waals surface area (Å²) in [5.74, 6) is -0.988. The highest BCUT2D eigenvalue weighted by Gasteiger charge is 2.37. The van der Waals surface area contributed by atoms with Crippen molar-refractivity contribution in [2.45, 2.75) is 57.6 Å². The molecule has 1 fully saturated rings. The number of aliphatic carboxylic acids is 1. The second kappa shape index (κ2) is 7.47. The van der Waals surface area contributed by atoms with Crippen LogP contribution in [0.1, 0.15) is 46.0 Å². The number of carboxylic acid groups (broad SMARTS) is 1. The molecule has 0 aromatic heterocycles. The normalized spacial score (nSPS) is 19.4. The first-order valence-electron chi connectivity index (χ1n) is 7.33. The molecule has 1 saturated heterocycles. The minimum atomic E-state index is -1.18. The highest BCUT2D eigenvalue weighted by molar-refractivity contribution is 5.86. The van der Waals surface area contributed by atoms with E-state index < -0.39 is 11.5 Å². The first-order chi connectivity index (χ1) is 9.45. The summed E-state index contributed by atoms with van der Waals surface area (Å²) in [5, 5.41) is 12.0. The van der Waals surface area contributed by atoms with Crippen molar-refractivity contribution in [2.75, 3.05) is 20.2 Å². The van der Waals surface area contributed by atoms with E-state index in [4.69, 9.17) is 4.74 Å². The molecule has 0 aromatic rings. The van der Waals surface area contributed by atoms with E-state index in [-0.39, 0.29) is 12.1 Å². The molecule has 1 heterocycles. The molecule has 0 aromatic carbocycles. The van der Waals surface area contributed by atoms with Gasteiger partial charge in [-0.25, -0.2) is 9.59 Å². The summed E-state index contributed by atoms with van der Waals surface area (Å²) >= 11 is 0. The van der Waals surface area contributed by atoms with Crippen LogP contribution in [0.15, 0.2) is 0 Å². The molecule has 6 nitrogen and oxygen atoms in total. The SMILES string of the molecule is CCC(CC)(NC(=O)N(C)CC1CCCCO1)C(=O)O. The molecule has 0 radical (unpaired) electrons. The number of carbonyl (C=O) groups excluding carboxylic acids is 1. The first-order valence-corrected chi connectivity index (χ1v) is 7.33. The highest BCUT2D eigenvalue weighted by Crippen LogP contribution is 2.17. The van der Waals surface area contributed by atoms with Crippen LogP contribution in [0.25, 0.3) is 0 Å². The Kier molecular flexibility index (Phi) is 6.26. The average Bonchev–Trinajstić information content (AvgIpc) is 2.45. The minimum absolute atomic E-state index is 0.0574. The second-order valence-corrected chi connectivity index (χ2v) is 5.39. The Labute approximate surface area is 120 Å². The van der Waals surface area contributed by atoms with Gasteiger partial charge in [-0.1, -0.05) is 13.8 Å². The van der Waals surface area contributed by atoms with Gasteiger partial charge in [0.2, 0.25) is 0 Å². The van der Waals surface area contributed by atoms with Crippen molar-refractivity contribution >= 4 is 12.0 Å². The van der Waals surface area contributed by atoms with Gasteiger partial charge in [-0.2, -0.15) is 0 Å². The molecular formula is C14H26N2O4. The molecule has 20 heavy (non-hydrogen) atoms. The van der Waals surface area contributed by atoms with Crippen LogP contribution in [0.5, 0.6) is 0 Å². The van der Waals surface area contributed by atoms with Crippen LogP contribution in [0, 0.1) is 0 Å². The summed E-state index contributed by atoms with van der Waals surface area (Å²) in [7, 11) is 1.67. The number of hydrogen-bond donors (Lipinski definition) is 2.